The summed E-state index contributed by atoms with van der Waals surface area (Å²) in [6.45, 7) is 29.0. The first-order valence-electron chi connectivity index (χ1n) is 18.0. The molecule has 260 valence electrons. The van der Waals surface area contributed by atoms with Crippen LogP contribution in [0.25, 0.3) is 6.08 Å². The van der Waals surface area contributed by atoms with E-state index < -0.39 is 21.8 Å². The summed E-state index contributed by atoms with van der Waals surface area (Å²) in [6.07, 6.45) is 12.0. The minimum absolute atomic E-state index is 0.0267. The van der Waals surface area contributed by atoms with Gasteiger partial charge >= 0.3 is 0 Å². The Bertz CT molecular complexity index is 1610. The molecule has 4 atom stereocenters. The molecule has 1 saturated carbocycles. The van der Waals surface area contributed by atoms with E-state index in [1.165, 1.54) is 11.1 Å². The van der Waals surface area contributed by atoms with Gasteiger partial charge in [0.05, 0.1) is 5.41 Å². The largest absolute Gasteiger partial charge is 0.490 e. The number of benzene rings is 1. The Balaban J connectivity index is 2.08. The minimum Gasteiger partial charge on any atom is -0.490 e. The van der Waals surface area contributed by atoms with Crippen LogP contribution in [-0.4, -0.2) is 23.0 Å². The van der Waals surface area contributed by atoms with Gasteiger partial charge in [0.1, 0.15) is 22.3 Å². The second-order valence-corrected chi connectivity index (χ2v) is 17.1. The van der Waals surface area contributed by atoms with Crippen LogP contribution in [0.4, 0.5) is 0 Å². The number of allylic oxidation sites excluding steroid dienone is 8. The van der Waals surface area contributed by atoms with Gasteiger partial charge in [0.2, 0.25) is 0 Å². The zero-order valence-corrected chi connectivity index (χ0v) is 31.9. The van der Waals surface area contributed by atoms with Crippen molar-refractivity contribution in [3.8, 4) is 0 Å². The van der Waals surface area contributed by atoms with Gasteiger partial charge < -0.3 is 4.74 Å². The third-order valence-electron chi connectivity index (χ3n) is 11.7. The summed E-state index contributed by atoms with van der Waals surface area (Å²) in [5, 5.41) is 0. The van der Waals surface area contributed by atoms with E-state index in [-0.39, 0.29) is 41.2 Å². The first-order valence-corrected chi connectivity index (χ1v) is 18.0. The van der Waals surface area contributed by atoms with Crippen molar-refractivity contribution >= 4 is 23.4 Å². The van der Waals surface area contributed by atoms with Crippen LogP contribution in [0.2, 0.25) is 0 Å². The molecular weight excluding hydrogens is 592 g/mol. The number of ketones is 3. The molecule has 1 aromatic carbocycles. The lowest BCUT2D eigenvalue weighted by molar-refractivity contribution is -0.188. The van der Waals surface area contributed by atoms with Gasteiger partial charge in [-0.05, 0) is 128 Å². The highest BCUT2D eigenvalue weighted by Gasteiger charge is 2.74. The molecule has 0 radical (unpaired) electrons. The van der Waals surface area contributed by atoms with Crippen LogP contribution in [-0.2, 0) is 20.7 Å². The Morgan fingerprint density at radius 1 is 0.896 bits per heavy atom. The Kier molecular flexibility index (Phi) is 10.6. The maximum Gasteiger partial charge on any atom is 0.200 e. The van der Waals surface area contributed by atoms with Crippen LogP contribution in [0, 0.1) is 34.0 Å². The third-order valence-corrected chi connectivity index (χ3v) is 11.7. The summed E-state index contributed by atoms with van der Waals surface area (Å²) in [5.74, 6) is 0.0232. The van der Waals surface area contributed by atoms with Crippen molar-refractivity contribution in [1.82, 2.24) is 0 Å². The SMILES string of the molecule is C=Cc1cc(C(=O)C2=C3OC(C)(C)[C@@H](CC=C(C)C)C[C@@]34C[C@@H](CC=C(C)C)C(C)(C)[C@@](CC=C(C)C)(C2=O)C4=O)ccc1CC(C)C. The highest BCUT2D eigenvalue weighted by molar-refractivity contribution is 6.35. The van der Waals surface area contributed by atoms with Crippen molar-refractivity contribution in [3.63, 3.8) is 0 Å². The maximum atomic E-state index is 15.5. The number of hydrogen-bond acceptors (Lipinski definition) is 4. The van der Waals surface area contributed by atoms with Gasteiger partial charge in [-0.15, -0.1) is 0 Å². The fourth-order valence-electron chi connectivity index (χ4n) is 8.60. The Labute approximate surface area is 290 Å². The van der Waals surface area contributed by atoms with Crippen LogP contribution >= 0.6 is 0 Å². The lowest BCUT2D eigenvalue weighted by Crippen LogP contribution is -2.69. The van der Waals surface area contributed by atoms with E-state index >= 15 is 9.59 Å². The van der Waals surface area contributed by atoms with Gasteiger partial charge in [-0.25, -0.2) is 0 Å². The van der Waals surface area contributed by atoms with E-state index in [1.54, 1.807) is 6.08 Å². The molecule has 4 rings (SSSR count). The molecule has 48 heavy (non-hydrogen) atoms. The highest BCUT2D eigenvalue weighted by atomic mass is 16.5. The number of rotatable bonds is 11. The first-order chi connectivity index (χ1) is 22.2. The molecular formula is C44H60O4. The quantitative estimate of drug-likeness (QED) is 0.103. The zero-order chi connectivity index (χ0) is 36.0. The molecule has 4 nitrogen and oxygen atoms in total. The Morgan fingerprint density at radius 2 is 1.46 bits per heavy atom. The lowest BCUT2D eigenvalue weighted by atomic mass is 9.39. The third kappa shape index (κ3) is 6.41. The molecule has 3 aliphatic rings. The molecule has 1 aliphatic heterocycles. The molecule has 2 bridgehead atoms. The molecule has 2 fully saturated rings. The van der Waals surface area contributed by atoms with Gasteiger partial charge in [-0.2, -0.15) is 0 Å². The number of carbonyl (C=O) groups is 3. The van der Waals surface area contributed by atoms with Gasteiger partial charge in [0, 0.05) is 11.5 Å². The average molecular weight is 653 g/mol. The number of fused-ring (bicyclic) bond motifs is 1. The number of carbonyl (C=O) groups excluding carboxylic acids is 3. The smallest absolute Gasteiger partial charge is 0.200 e. The van der Waals surface area contributed by atoms with E-state index in [2.05, 4.69) is 74.1 Å². The topological polar surface area (TPSA) is 60.4 Å². The van der Waals surface area contributed by atoms with Gasteiger partial charge in [0.15, 0.2) is 17.3 Å². The lowest BCUT2D eigenvalue weighted by Gasteiger charge is -2.64. The van der Waals surface area contributed by atoms with Gasteiger partial charge in [-0.1, -0.05) is 87.4 Å². The van der Waals surface area contributed by atoms with Crippen molar-refractivity contribution in [2.45, 2.75) is 127 Å². The van der Waals surface area contributed by atoms with Crippen LogP contribution in [0.15, 0.2) is 71.1 Å². The Hall–Kier alpha value is -3.27. The van der Waals surface area contributed by atoms with E-state index in [1.807, 2.05) is 52.0 Å². The number of hydrogen-bond donors (Lipinski definition) is 0. The average Bonchev–Trinajstić information content (AvgIpc) is 2.98. The summed E-state index contributed by atoms with van der Waals surface area (Å²) in [5.41, 5.74) is 2.12. The van der Waals surface area contributed by atoms with Crippen molar-refractivity contribution < 1.29 is 19.1 Å². The molecule has 1 heterocycles. The summed E-state index contributed by atoms with van der Waals surface area (Å²) in [4.78, 5) is 46.0. The standard InChI is InChI=1S/C44H60O4/c1-14-31-24-33(18-17-32(31)23-30(8)9)37(45)36-38(46)44(22-21-29(6)7)40(47)43(25-34(41(44,10)11)19-15-27(2)3)26-35(20-16-28(4)5)42(12,13)48-39(36)43/h14-18,21,24,30,34-35H,1,19-20,22-23,25-26H2,2-13H3/t34-,35+,43+,44+/m1/s1. The van der Waals surface area contributed by atoms with Crippen LogP contribution < -0.4 is 0 Å². The minimum atomic E-state index is -1.40. The molecule has 1 saturated heterocycles. The number of ether oxygens (including phenoxy) is 1. The molecule has 0 unspecified atom stereocenters. The fourth-order valence-corrected chi connectivity index (χ4v) is 8.60. The second-order valence-electron chi connectivity index (χ2n) is 17.1. The maximum absolute atomic E-state index is 15.5. The summed E-state index contributed by atoms with van der Waals surface area (Å²) in [7, 11) is 0. The summed E-state index contributed by atoms with van der Waals surface area (Å²) >= 11 is 0. The molecule has 1 spiro atoms. The van der Waals surface area contributed by atoms with Crippen molar-refractivity contribution in [2.75, 3.05) is 0 Å². The second kappa shape index (κ2) is 13.6. The molecule has 2 aliphatic carbocycles. The molecule has 1 aromatic rings. The predicted octanol–water partition coefficient (Wildman–Crippen LogP) is 11.0. The van der Waals surface area contributed by atoms with Gasteiger partial charge in [-0.3, -0.25) is 14.4 Å². The van der Waals surface area contributed by atoms with Crippen molar-refractivity contribution in [1.29, 1.82) is 0 Å². The summed E-state index contributed by atoms with van der Waals surface area (Å²) in [6, 6.07) is 5.69. The fraction of sp³-hybridized carbons (Fsp3) is 0.568. The van der Waals surface area contributed by atoms with Crippen LogP contribution in [0.5, 0.6) is 0 Å². The first kappa shape index (κ1) is 37.5. The van der Waals surface area contributed by atoms with Crippen LogP contribution in [0.1, 0.15) is 137 Å². The van der Waals surface area contributed by atoms with E-state index in [4.69, 9.17) is 4.74 Å². The monoisotopic (exact) mass is 652 g/mol. The molecule has 0 aromatic heterocycles. The van der Waals surface area contributed by atoms with E-state index in [0.29, 0.717) is 30.1 Å². The van der Waals surface area contributed by atoms with E-state index in [9.17, 15) is 4.79 Å². The normalized spacial score (nSPS) is 27.1. The molecule has 0 amide bonds. The zero-order valence-electron chi connectivity index (χ0n) is 31.9. The number of Topliss-reactive ketones (excluding diaryl/α,β-unsaturated/α-hetero) is 3. The Morgan fingerprint density at radius 3 is 2.00 bits per heavy atom. The highest BCUT2D eigenvalue weighted by Crippen LogP contribution is 2.69. The van der Waals surface area contributed by atoms with Crippen molar-refractivity contribution in [2.24, 2.45) is 34.0 Å². The molecule has 4 heteroatoms. The van der Waals surface area contributed by atoms with Crippen molar-refractivity contribution in [3.05, 3.63) is 87.7 Å². The van der Waals surface area contributed by atoms with E-state index in [0.717, 1.165) is 36.0 Å². The van der Waals surface area contributed by atoms with Crippen LogP contribution in [0.3, 0.4) is 0 Å². The molecule has 0 N–H and O–H groups in total. The predicted molar refractivity (Wildman–Crippen MR) is 199 cm³/mol. The summed E-state index contributed by atoms with van der Waals surface area (Å²) < 4.78 is 6.98. The van der Waals surface area contributed by atoms with Gasteiger partial charge in [0.25, 0.3) is 0 Å².